The van der Waals surface area contributed by atoms with Crippen LogP contribution in [0.2, 0.25) is 5.02 Å². The molecule has 4 aromatic rings. The molecular weight excluding hydrogens is 402 g/mol. The predicted molar refractivity (Wildman–Crippen MR) is 112 cm³/mol. The van der Waals surface area contributed by atoms with Gasteiger partial charge in [0.15, 0.2) is 5.69 Å². The lowest BCUT2D eigenvalue weighted by Crippen LogP contribution is -2.36. The van der Waals surface area contributed by atoms with Crippen LogP contribution in [0.1, 0.15) is 21.6 Å². The molecule has 1 aliphatic heterocycles. The minimum atomic E-state index is -0.0616. The molecule has 1 amide bonds. The summed E-state index contributed by atoms with van der Waals surface area (Å²) < 4.78 is 7.35. The first-order valence-electron chi connectivity index (χ1n) is 9.59. The van der Waals surface area contributed by atoms with Crippen LogP contribution in [0.4, 0.5) is 0 Å². The number of hydrogen-bond donors (Lipinski definition) is 0. The van der Waals surface area contributed by atoms with Gasteiger partial charge in [-0.15, -0.1) is 0 Å². The van der Waals surface area contributed by atoms with Gasteiger partial charge in [0.2, 0.25) is 5.82 Å². The molecule has 7 nitrogen and oxygen atoms in total. The van der Waals surface area contributed by atoms with Crippen molar-refractivity contribution >= 4 is 17.5 Å². The average Bonchev–Trinajstić information content (AvgIpc) is 3.39. The van der Waals surface area contributed by atoms with E-state index in [9.17, 15) is 4.79 Å². The molecule has 0 atom stereocenters. The highest BCUT2D eigenvalue weighted by Gasteiger charge is 2.30. The first-order chi connectivity index (χ1) is 14.6. The number of carbonyl (C=O) groups excluding carboxylic acids is 1. The first-order valence-corrected chi connectivity index (χ1v) is 9.97. The molecule has 0 radical (unpaired) electrons. The maximum absolute atomic E-state index is 13.0. The van der Waals surface area contributed by atoms with Gasteiger partial charge in [0.1, 0.15) is 0 Å². The van der Waals surface area contributed by atoms with E-state index in [-0.39, 0.29) is 5.91 Å². The lowest BCUT2D eigenvalue weighted by atomic mass is 10.0. The molecule has 1 aliphatic rings. The molecule has 0 N–H and O–H groups in total. The van der Waals surface area contributed by atoms with Crippen molar-refractivity contribution in [1.29, 1.82) is 0 Å². The van der Waals surface area contributed by atoms with Crippen LogP contribution in [0, 0.1) is 0 Å². The molecule has 0 saturated heterocycles. The third kappa shape index (κ3) is 3.27. The largest absolute Gasteiger partial charge is 0.334 e. The minimum absolute atomic E-state index is 0.0616. The van der Waals surface area contributed by atoms with Crippen molar-refractivity contribution in [3.05, 3.63) is 76.4 Å². The molecule has 0 aliphatic carbocycles. The van der Waals surface area contributed by atoms with Gasteiger partial charge >= 0.3 is 0 Å². The van der Waals surface area contributed by atoms with Gasteiger partial charge < -0.3 is 9.42 Å². The van der Waals surface area contributed by atoms with Crippen molar-refractivity contribution in [1.82, 2.24) is 24.8 Å². The summed E-state index contributed by atoms with van der Waals surface area (Å²) in [6, 6.07) is 16.6. The zero-order chi connectivity index (χ0) is 20.7. The van der Waals surface area contributed by atoms with Crippen LogP contribution in [0.3, 0.4) is 0 Å². The molecule has 2 aromatic carbocycles. The Hall–Kier alpha value is -3.45. The molecule has 0 spiro atoms. The van der Waals surface area contributed by atoms with Crippen molar-refractivity contribution in [2.75, 3.05) is 6.54 Å². The molecule has 150 valence electrons. The van der Waals surface area contributed by atoms with Crippen LogP contribution in [0.25, 0.3) is 23.0 Å². The van der Waals surface area contributed by atoms with Gasteiger partial charge in [-0.05, 0) is 18.2 Å². The number of hydrogen-bond acceptors (Lipinski definition) is 5. The predicted octanol–water partition coefficient (Wildman–Crippen LogP) is 3.99. The van der Waals surface area contributed by atoms with E-state index < -0.39 is 0 Å². The van der Waals surface area contributed by atoms with Crippen molar-refractivity contribution in [2.45, 2.75) is 13.0 Å². The van der Waals surface area contributed by atoms with Crippen molar-refractivity contribution < 1.29 is 9.32 Å². The summed E-state index contributed by atoms with van der Waals surface area (Å²) in [5.41, 5.74) is 4.06. The van der Waals surface area contributed by atoms with E-state index in [0.29, 0.717) is 47.5 Å². The molecule has 8 heteroatoms. The quantitative estimate of drug-likeness (QED) is 0.501. The Balaban J connectivity index is 1.47. The number of nitrogens with zero attached hydrogens (tertiary/aromatic N) is 5. The van der Waals surface area contributed by atoms with Crippen LogP contribution in [-0.4, -0.2) is 37.3 Å². The molecule has 0 saturated carbocycles. The Morgan fingerprint density at radius 2 is 1.97 bits per heavy atom. The summed E-state index contributed by atoms with van der Waals surface area (Å²) in [4.78, 5) is 19.3. The molecule has 0 fully saturated rings. The van der Waals surface area contributed by atoms with Crippen LogP contribution >= 0.6 is 11.6 Å². The highest BCUT2D eigenvalue weighted by molar-refractivity contribution is 6.30. The second kappa shape index (κ2) is 7.42. The maximum Gasteiger partial charge on any atom is 0.279 e. The smallest absolute Gasteiger partial charge is 0.279 e. The van der Waals surface area contributed by atoms with Crippen LogP contribution < -0.4 is 0 Å². The van der Waals surface area contributed by atoms with Crippen molar-refractivity contribution in [3.63, 3.8) is 0 Å². The second-order valence-electron chi connectivity index (χ2n) is 7.17. The highest BCUT2D eigenvalue weighted by Crippen LogP contribution is 2.30. The maximum atomic E-state index is 13.0. The SMILES string of the molecule is Cn1nc(-c2nc(-c3ccccc3)no2)c2c1CCN(C(=O)c1cccc(Cl)c1)C2. The fourth-order valence-electron chi connectivity index (χ4n) is 3.77. The van der Waals surface area contributed by atoms with Crippen molar-refractivity contribution in [3.8, 4) is 23.0 Å². The lowest BCUT2D eigenvalue weighted by molar-refractivity contribution is 0.0733. The fraction of sp³-hybridized carbons (Fsp3) is 0.182. The third-order valence-corrected chi connectivity index (χ3v) is 5.50. The molecule has 30 heavy (non-hydrogen) atoms. The number of rotatable bonds is 3. The first kappa shape index (κ1) is 18.6. The van der Waals surface area contributed by atoms with E-state index in [1.54, 1.807) is 29.2 Å². The average molecular weight is 420 g/mol. The zero-order valence-corrected chi connectivity index (χ0v) is 17.0. The minimum Gasteiger partial charge on any atom is -0.334 e. The van der Waals surface area contributed by atoms with E-state index in [0.717, 1.165) is 16.8 Å². The summed E-state index contributed by atoms with van der Waals surface area (Å²) in [7, 11) is 1.89. The summed E-state index contributed by atoms with van der Waals surface area (Å²) in [5.74, 6) is 0.795. The number of amides is 1. The molecule has 5 rings (SSSR count). The van der Waals surface area contributed by atoms with Crippen LogP contribution in [0.15, 0.2) is 59.1 Å². The standard InChI is InChI=1S/C22H18ClN5O2/c1-27-18-10-11-28(22(29)15-8-5-9-16(23)12-15)13-17(18)19(25-27)21-24-20(26-30-21)14-6-3-2-4-7-14/h2-9,12H,10-11,13H2,1H3. The fourth-order valence-corrected chi connectivity index (χ4v) is 3.96. The Kier molecular flexibility index (Phi) is 4.59. The van der Waals surface area contributed by atoms with E-state index in [1.807, 2.05) is 42.1 Å². The third-order valence-electron chi connectivity index (χ3n) is 5.26. The normalized spacial score (nSPS) is 13.3. The van der Waals surface area contributed by atoms with E-state index in [4.69, 9.17) is 16.1 Å². The molecule has 2 aromatic heterocycles. The van der Waals surface area contributed by atoms with Gasteiger partial charge in [-0.1, -0.05) is 53.2 Å². The van der Waals surface area contributed by atoms with Gasteiger partial charge in [0.05, 0.1) is 6.54 Å². The number of benzene rings is 2. The molecule has 0 unspecified atom stereocenters. The Morgan fingerprint density at radius 1 is 1.13 bits per heavy atom. The summed E-state index contributed by atoms with van der Waals surface area (Å²) in [5, 5.41) is 9.25. The molecule has 0 bridgehead atoms. The van der Waals surface area contributed by atoms with Gasteiger partial charge in [-0.25, -0.2) is 0 Å². The van der Waals surface area contributed by atoms with Gasteiger partial charge in [0, 0.05) is 47.4 Å². The van der Waals surface area contributed by atoms with Gasteiger partial charge in [-0.2, -0.15) is 10.1 Å². The molecular formula is C22H18ClN5O2. The number of fused-ring (bicyclic) bond motifs is 1. The number of halogens is 1. The Labute approximate surface area is 177 Å². The second-order valence-corrected chi connectivity index (χ2v) is 7.61. The topological polar surface area (TPSA) is 77.1 Å². The summed E-state index contributed by atoms with van der Waals surface area (Å²) >= 11 is 6.06. The summed E-state index contributed by atoms with van der Waals surface area (Å²) in [6.07, 6.45) is 0.699. The van der Waals surface area contributed by atoms with E-state index in [2.05, 4.69) is 15.2 Å². The Morgan fingerprint density at radius 3 is 2.77 bits per heavy atom. The van der Waals surface area contributed by atoms with Gasteiger partial charge in [-0.3, -0.25) is 9.48 Å². The lowest BCUT2D eigenvalue weighted by Gasteiger charge is -2.27. The molecule has 3 heterocycles. The van der Waals surface area contributed by atoms with Gasteiger partial charge in [0.25, 0.3) is 11.8 Å². The van der Waals surface area contributed by atoms with E-state index >= 15 is 0 Å². The summed E-state index contributed by atoms with van der Waals surface area (Å²) in [6.45, 7) is 1.03. The number of aryl methyl sites for hydroxylation is 1. The van der Waals surface area contributed by atoms with Crippen molar-refractivity contribution in [2.24, 2.45) is 7.05 Å². The van der Waals surface area contributed by atoms with Crippen LogP contribution in [0.5, 0.6) is 0 Å². The van der Waals surface area contributed by atoms with Crippen LogP contribution in [-0.2, 0) is 20.0 Å². The monoisotopic (exact) mass is 419 g/mol. The Bertz CT molecular complexity index is 1230. The number of carbonyl (C=O) groups is 1. The zero-order valence-electron chi connectivity index (χ0n) is 16.2. The van der Waals surface area contributed by atoms with E-state index in [1.165, 1.54) is 0 Å². The highest BCUT2D eigenvalue weighted by atomic mass is 35.5. The number of aromatic nitrogens is 4.